The van der Waals surface area contributed by atoms with Crippen LogP contribution in [0.4, 0.5) is 0 Å². The van der Waals surface area contributed by atoms with Gasteiger partial charge in [-0.1, -0.05) is 37.3 Å². The van der Waals surface area contributed by atoms with Crippen LogP contribution in [0.5, 0.6) is 5.75 Å². The van der Waals surface area contributed by atoms with Gasteiger partial charge in [0.05, 0.1) is 5.71 Å². The van der Waals surface area contributed by atoms with Gasteiger partial charge in [-0.15, -0.1) is 0 Å². The van der Waals surface area contributed by atoms with Crippen molar-refractivity contribution in [2.24, 2.45) is 11.0 Å². The van der Waals surface area contributed by atoms with Crippen LogP contribution < -0.4 is 5.43 Å². The third-order valence-electron chi connectivity index (χ3n) is 4.19. The predicted molar refractivity (Wildman–Crippen MR) is 90.4 cm³/mol. The van der Waals surface area contributed by atoms with Crippen LogP contribution in [0.25, 0.3) is 0 Å². The van der Waals surface area contributed by atoms with E-state index in [1.807, 2.05) is 25.1 Å². The third-order valence-corrected chi connectivity index (χ3v) is 4.19. The lowest BCUT2D eigenvalue weighted by Crippen LogP contribution is -2.22. The Bertz CT molecular complexity index is 708. The van der Waals surface area contributed by atoms with E-state index in [2.05, 4.69) is 22.7 Å². The second kappa shape index (κ2) is 6.65. The molecule has 1 saturated carbocycles. The van der Waals surface area contributed by atoms with E-state index in [0.717, 1.165) is 17.7 Å². The van der Waals surface area contributed by atoms with Gasteiger partial charge >= 0.3 is 0 Å². The smallest absolute Gasteiger partial charge is 0.243 e. The number of nitrogens with zero attached hydrogens (tertiary/aromatic N) is 1. The van der Waals surface area contributed by atoms with E-state index in [1.165, 1.54) is 5.56 Å². The Kier molecular flexibility index (Phi) is 4.42. The summed E-state index contributed by atoms with van der Waals surface area (Å²) in [6.45, 7) is 1.99. The number of aromatic hydroxyl groups is 1. The van der Waals surface area contributed by atoms with Crippen molar-refractivity contribution in [3.05, 3.63) is 65.7 Å². The van der Waals surface area contributed by atoms with Crippen molar-refractivity contribution in [3.63, 3.8) is 0 Å². The molecule has 4 nitrogen and oxygen atoms in total. The first kappa shape index (κ1) is 15.3. The number of rotatable bonds is 5. The van der Waals surface area contributed by atoms with Gasteiger partial charge in [0.2, 0.25) is 5.91 Å². The minimum Gasteiger partial charge on any atom is -0.508 e. The summed E-state index contributed by atoms with van der Waals surface area (Å²) in [6, 6.07) is 17.0. The number of amides is 1. The molecule has 2 unspecified atom stereocenters. The third kappa shape index (κ3) is 3.59. The van der Waals surface area contributed by atoms with Crippen LogP contribution in [-0.2, 0) is 4.79 Å². The molecule has 0 aromatic heterocycles. The minimum absolute atomic E-state index is 0.0130. The number of hydrogen-bond donors (Lipinski definition) is 2. The molecule has 0 bridgehead atoms. The van der Waals surface area contributed by atoms with Gasteiger partial charge in [0.15, 0.2) is 0 Å². The van der Waals surface area contributed by atoms with E-state index in [9.17, 15) is 9.90 Å². The highest BCUT2D eigenvalue weighted by atomic mass is 16.3. The standard InChI is InChI=1S/C19H20N2O2/c1-2-18(14-8-10-15(22)11-9-14)20-21-19(23)17-12-16(17)13-6-4-3-5-7-13/h3-11,16-17,22H,2,12H2,1H3,(H,21,23)/b20-18-. The molecule has 1 aliphatic carbocycles. The van der Waals surface area contributed by atoms with Crippen LogP contribution in [0.1, 0.15) is 36.8 Å². The average Bonchev–Trinajstić information content (AvgIpc) is 3.38. The average molecular weight is 308 g/mol. The molecular formula is C19H20N2O2. The highest BCUT2D eigenvalue weighted by Gasteiger charge is 2.43. The molecule has 1 amide bonds. The van der Waals surface area contributed by atoms with Crippen molar-refractivity contribution in [3.8, 4) is 5.75 Å². The highest BCUT2D eigenvalue weighted by molar-refractivity contribution is 6.01. The van der Waals surface area contributed by atoms with Gasteiger partial charge in [-0.25, -0.2) is 5.43 Å². The maximum Gasteiger partial charge on any atom is 0.243 e. The number of phenols is 1. The van der Waals surface area contributed by atoms with Gasteiger partial charge in [0.1, 0.15) is 5.75 Å². The zero-order valence-corrected chi connectivity index (χ0v) is 13.1. The lowest BCUT2D eigenvalue weighted by molar-refractivity contribution is -0.122. The van der Waals surface area contributed by atoms with Crippen molar-refractivity contribution in [1.29, 1.82) is 0 Å². The number of phenolic OH excluding ortho intramolecular Hbond substituents is 1. The maximum atomic E-state index is 12.2. The second-order valence-electron chi connectivity index (χ2n) is 5.79. The summed E-state index contributed by atoms with van der Waals surface area (Å²) in [5.41, 5.74) is 5.61. The fraction of sp³-hybridized carbons (Fsp3) is 0.263. The Labute approximate surface area is 135 Å². The summed E-state index contributed by atoms with van der Waals surface area (Å²) in [4.78, 5) is 12.2. The molecule has 2 N–H and O–H groups in total. The van der Waals surface area contributed by atoms with Gasteiger partial charge in [-0.2, -0.15) is 5.10 Å². The summed E-state index contributed by atoms with van der Waals surface area (Å²) in [5.74, 6) is 0.518. The molecule has 2 atom stereocenters. The second-order valence-corrected chi connectivity index (χ2v) is 5.79. The van der Waals surface area contributed by atoms with E-state index < -0.39 is 0 Å². The molecule has 2 aromatic rings. The zero-order valence-electron chi connectivity index (χ0n) is 13.1. The Hall–Kier alpha value is -2.62. The maximum absolute atomic E-state index is 12.2. The largest absolute Gasteiger partial charge is 0.508 e. The van der Waals surface area contributed by atoms with E-state index in [0.29, 0.717) is 12.3 Å². The van der Waals surface area contributed by atoms with Crippen LogP contribution in [-0.4, -0.2) is 16.7 Å². The van der Waals surface area contributed by atoms with Gasteiger partial charge < -0.3 is 5.11 Å². The monoisotopic (exact) mass is 308 g/mol. The molecule has 0 radical (unpaired) electrons. The van der Waals surface area contributed by atoms with Crippen LogP contribution in [0.15, 0.2) is 59.7 Å². The topological polar surface area (TPSA) is 61.7 Å². The molecular weight excluding hydrogens is 288 g/mol. The van der Waals surface area contributed by atoms with Crippen molar-refractivity contribution in [2.45, 2.75) is 25.7 Å². The van der Waals surface area contributed by atoms with Crippen molar-refractivity contribution >= 4 is 11.6 Å². The predicted octanol–water partition coefficient (Wildman–Crippen LogP) is 3.43. The van der Waals surface area contributed by atoms with E-state index in [4.69, 9.17) is 0 Å². The fourth-order valence-electron chi connectivity index (χ4n) is 2.76. The number of hydrogen-bond acceptors (Lipinski definition) is 3. The SMILES string of the molecule is CC/C(=N/NC(=O)C1CC1c1ccccc1)c1ccc(O)cc1. The number of carbonyl (C=O) groups is 1. The lowest BCUT2D eigenvalue weighted by Gasteiger charge is -2.05. The van der Waals surface area contributed by atoms with Gasteiger partial charge in [0.25, 0.3) is 0 Å². The van der Waals surface area contributed by atoms with Gasteiger partial charge in [-0.05, 0) is 54.2 Å². The van der Waals surface area contributed by atoms with Crippen LogP contribution in [0, 0.1) is 5.92 Å². The van der Waals surface area contributed by atoms with Gasteiger partial charge in [0, 0.05) is 5.92 Å². The number of benzene rings is 2. The van der Waals surface area contributed by atoms with Crippen LogP contribution in [0.3, 0.4) is 0 Å². The van der Waals surface area contributed by atoms with Gasteiger partial charge in [-0.3, -0.25) is 4.79 Å². The summed E-state index contributed by atoms with van der Waals surface area (Å²) in [6.07, 6.45) is 1.59. The molecule has 0 spiro atoms. The van der Waals surface area contributed by atoms with E-state index in [1.54, 1.807) is 24.3 Å². The summed E-state index contributed by atoms with van der Waals surface area (Å²) < 4.78 is 0. The molecule has 1 fully saturated rings. The van der Waals surface area contributed by atoms with Crippen molar-refractivity contribution in [1.82, 2.24) is 5.43 Å². The normalized spacial score (nSPS) is 20.1. The van der Waals surface area contributed by atoms with Crippen molar-refractivity contribution in [2.75, 3.05) is 0 Å². The van der Waals surface area contributed by atoms with E-state index >= 15 is 0 Å². The first-order valence-corrected chi connectivity index (χ1v) is 7.89. The molecule has 0 saturated heterocycles. The first-order valence-electron chi connectivity index (χ1n) is 7.89. The molecule has 1 aliphatic rings. The zero-order chi connectivity index (χ0) is 16.2. The summed E-state index contributed by atoms with van der Waals surface area (Å²) >= 11 is 0. The molecule has 2 aromatic carbocycles. The number of hydrazone groups is 1. The van der Waals surface area contributed by atoms with Crippen LogP contribution in [0.2, 0.25) is 0 Å². The molecule has 0 aliphatic heterocycles. The molecule has 4 heteroatoms. The number of carbonyl (C=O) groups excluding carboxylic acids is 1. The summed E-state index contributed by atoms with van der Waals surface area (Å²) in [5, 5.41) is 13.6. The summed E-state index contributed by atoms with van der Waals surface area (Å²) in [7, 11) is 0. The molecule has 23 heavy (non-hydrogen) atoms. The quantitative estimate of drug-likeness (QED) is 0.656. The number of nitrogens with one attached hydrogen (secondary N) is 1. The molecule has 0 heterocycles. The highest BCUT2D eigenvalue weighted by Crippen LogP contribution is 2.47. The molecule has 118 valence electrons. The first-order chi connectivity index (χ1) is 11.2. The fourth-order valence-corrected chi connectivity index (χ4v) is 2.76. The Balaban J connectivity index is 1.63. The van der Waals surface area contributed by atoms with Crippen LogP contribution >= 0.6 is 0 Å². The van der Waals surface area contributed by atoms with E-state index in [-0.39, 0.29) is 17.6 Å². The Morgan fingerprint density at radius 2 is 1.87 bits per heavy atom. The molecule has 3 rings (SSSR count). The minimum atomic E-state index is -0.0245. The lowest BCUT2D eigenvalue weighted by atomic mass is 10.1. The Morgan fingerprint density at radius 3 is 2.52 bits per heavy atom. The van der Waals surface area contributed by atoms with Crippen molar-refractivity contribution < 1.29 is 9.90 Å². The Morgan fingerprint density at radius 1 is 1.17 bits per heavy atom.